The summed E-state index contributed by atoms with van der Waals surface area (Å²) < 4.78 is 56.5. The Labute approximate surface area is 159 Å². The van der Waals surface area contributed by atoms with Crippen LogP contribution < -0.4 is 10.5 Å². The molecule has 2 nitrogen and oxygen atoms in total. The molecule has 0 radical (unpaired) electrons. The summed E-state index contributed by atoms with van der Waals surface area (Å²) in [6.45, 7) is 0. The Morgan fingerprint density at radius 3 is 2.24 bits per heavy atom. The number of rotatable bonds is 7. The van der Waals surface area contributed by atoms with E-state index in [2.05, 4.69) is 36.6 Å². The van der Waals surface area contributed by atoms with Gasteiger partial charge in [0.15, 0.2) is 0 Å². The minimum atomic E-state index is -4.54. The van der Waals surface area contributed by atoms with Gasteiger partial charge in [-0.25, -0.2) is 0 Å². The summed E-state index contributed by atoms with van der Waals surface area (Å²) in [4.78, 5) is 0. The summed E-state index contributed by atoms with van der Waals surface area (Å²) in [5, 5.41) is 0. The molecule has 0 unspecified atom stereocenters. The molecule has 0 fully saturated rings. The van der Waals surface area contributed by atoms with Gasteiger partial charge < -0.3 is 10.5 Å². The van der Waals surface area contributed by atoms with Crippen molar-refractivity contribution in [2.45, 2.75) is 31.4 Å². The average Bonchev–Trinajstić information content (AvgIpc) is 2.54. The third kappa shape index (κ3) is 5.43. The molecule has 0 aliphatic rings. The highest BCUT2D eigenvalue weighted by atomic mass is 79.9. The van der Waals surface area contributed by atoms with Crippen molar-refractivity contribution in [1.29, 1.82) is 0 Å². The van der Waals surface area contributed by atoms with Gasteiger partial charge in [0.2, 0.25) is 0 Å². The van der Waals surface area contributed by atoms with E-state index in [1.807, 2.05) is 18.2 Å². The highest BCUT2D eigenvalue weighted by Gasteiger charge is 2.44. The minimum absolute atomic E-state index is 0.347. The van der Waals surface area contributed by atoms with Crippen molar-refractivity contribution >= 4 is 31.9 Å². The number of hydrogen-bond acceptors (Lipinski definition) is 2. The van der Waals surface area contributed by atoms with Gasteiger partial charge in [-0.1, -0.05) is 50.1 Å². The summed E-state index contributed by atoms with van der Waals surface area (Å²) in [6, 6.07) is 10.8. The molecular formula is C17H15Br2F4NO. The van der Waals surface area contributed by atoms with Crippen LogP contribution >= 0.6 is 31.9 Å². The van der Waals surface area contributed by atoms with E-state index in [4.69, 9.17) is 5.73 Å². The first-order chi connectivity index (χ1) is 11.7. The van der Waals surface area contributed by atoms with E-state index in [0.717, 1.165) is 14.5 Å². The predicted molar refractivity (Wildman–Crippen MR) is 95.1 cm³/mol. The maximum absolute atomic E-state index is 13.0. The van der Waals surface area contributed by atoms with E-state index in [-0.39, 0.29) is 5.75 Å². The van der Waals surface area contributed by atoms with Crippen LogP contribution in [-0.2, 0) is 6.42 Å². The Balaban J connectivity index is 2.07. The maximum atomic E-state index is 13.0. The van der Waals surface area contributed by atoms with Gasteiger partial charge in [-0.05, 0) is 48.2 Å². The summed E-state index contributed by atoms with van der Waals surface area (Å²) in [5.74, 6) is -0.347. The zero-order valence-electron chi connectivity index (χ0n) is 12.9. The fourth-order valence-electron chi connectivity index (χ4n) is 2.25. The van der Waals surface area contributed by atoms with Gasteiger partial charge in [-0.15, -0.1) is 0 Å². The zero-order chi connectivity index (χ0) is 18.6. The molecule has 2 rings (SSSR count). The Bertz CT molecular complexity index is 707. The number of alkyl halides is 4. The zero-order valence-corrected chi connectivity index (χ0v) is 16.0. The van der Waals surface area contributed by atoms with Crippen LogP contribution in [0.1, 0.15) is 23.6 Å². The summed E-state index contributed by atoms with van der Waals surface area (Å²) >= 11 is 6.93. The Morgan fingerprint density at radius 2 is 1.64 bits per heavy atom. The first-order valence-electron chi connectivity index (χ1n) is 7.34. The fraction of sp³-hybridized carbons (Fsp3) is 0.294. The van der Waals surface area contributed by atoms with E-state index < -0.39 is 18.6 Å². The fourth-order valence-corrected chi connectivity index (χ4v) is 3.64. The highest BCUT2D eigenvalue weighted by molar-refractivity contribution is 9.11. The molecule has 0 saturated carbocycles. The molecule has 0 heterocycles. The SMILES string of the molecule is N[C@H](CCc1c(Br)cccc1Br)c1cccc(OC(F)(F)C(F)F)c1. The van der Waals surface area contributed by atoms with Crippen LogP contribution in [0, 0.1) is 0 Å². The summed E-state index contributed by atoms with van der Waals surface area (Å²) in [5.41, 5.74) is 7.68. The molecule has 2 aromatic rings. The van der Waals surface area contributed by atoms with E-state index in [1.54, 1.807) is 6.07 Å². The number of halogens is 6. The van der Waals surface area contributed by atoms with Crippen LogP contribution in [0.3, 0.4) is 0 Å². The van der Waals surface area contributed by atoms with Gasteiger partial charge in [-0.3, -0.25) is 0 Å². The molecule has 136 valence electrons. The Morgan fingerprint density at radius 1 is 1.04 bits per heavy atom. The third-order valence-electron chi connectivity index (χ3n) is 3.56. The lowest BCUT2D eigenvalue weighted by molar-refractivity contribution is -0.253. The predicted octanol–water partition coefficient (Wildman–Crippen LogP) is 6.08. The third-order valence-corrected chi connectivity index (χ3v) is 5.05. The maximum Gasteiger partial charge on any atom is 0.461 e. The van der Waals surface area contributed by atoms with E-state index in [1.165, 1.54) is 18.2 Å². The second-order valence-electron chi connectivity index (χ2n) is 5.38. The van der Waals surface area contributed by atoms with Gasteiger partial charge in [0.05, 0.1) is 0 Å². The van der Waals surface area contributed by atoms with Crippen LogP contribution in [0.4, 0.5) is 17.6 Å². The number of benzene rings is 2. The van der Waals surface area contributed by atoms with Gasteiger partial charge >= 0.3 is 12.5 Å². The Hall–Kier alpha value is -1.12. The highest BCUT2D eigenvalue weighted by Crippen LogP contribution is 2.31. The quantitative estimate of drug-likeness (QED) is 0.483. The summed E-state index contributed by atoms with van der Waals surface area (Å²) in [7, 11) is 0. The van der Waals surface area contributed by atoms with Crippen molar-refractivity contribution < 1.29 is 22.3 Å². The first-order valence-corrected chi connectivity index (χ1v) is 8.92. The van der Waals surface area contributed by atoms with E-state index in [9.17, 15) is 17.6 Å². The minimum Gasteiger partial charge on any atom is -0.428 e. The van der Waals surface area contributed by atoms with Gasteiger partial charge in [0.1, 0.15) is 5.75 Å². The van der Waals surface area contributed by atoms with Crippen LogP contribution in [0.5, 0.6) is 5.75 Å². The average molecular weight is 485 g/mol. The second-order valence-corrected chi connectivity index (χ2v) is 7.09. The lowest BCUT2D eigenvalue weighted by atomic mass is 9.99. The molecule has 0 bridgehead atoms. The molecule has 2 aromatic carbocycles. The molecule has 0 saturated heterocycles. The van der Waals surface area contributed by atoms with Crippen LogP contribution in [-0.4, -0.2) is 12.5 Å². The van der Waals surface area contributed by atoms with E-state index in [0.29, 0.717) is 18.4 Å². The number of nitrogens with two attached hydrogens (primary N) is 1. The topological polar surface area (TPSA) is 35.2 Å². The lowest BCUT2D eigenvalue weighted by Gasteiger charge is -2.19. The van der Waals surface area contributed by atoms with E-state index >= 15 is 0 Å². The molecule has 2 N–H and O–H groups in total. The number of hydrogen-bond donors (Lipinski definition) is 1. The second kappa shape index (κ2) is 8.51. The van der Waals surface area contributed by atoms with Gasteiger partial charge in [0.25, 0.3) is 0 Å². The Kier molecular flexibility index (Phi) is 6.87. The standard InChI is InChI=1S/C17H15Br2F4NO/c18-13-5-2-6-14(19)12(13)7-8-15(24)10-3-1-4-11(9-10)25-17(22,23)16(20)21/h1-6,9,15-16H,7-8,24H2/t15-/m1/s1. The largest absolute Gasteiger partial charge is 0.461 e. The first kappa shape index (κ1) is 20.2. The van der Waals surface area contributed by atoms with Crippen molar-refractivity contribution in [2.75, 3.05) is 0 Å². The normalized spacial score (nSPS) is 13.1. The monoisotopic (exact) mass is 483 g/mol. The van der Waals surface area contributed by atoms with Crippen molar-refractivity contribution in [3.63, 3.8) is 0 Å². The van der Waals surface area contributed by atoms with Crippen LogP contribution in [0.15, 0.2) is 51.4 Å². The molecule has 0 aliphatic carbocycles. The molecule has 8 heteroatoms. The molecule has 0 spiro atoms. The molecule has 25 heavy (non-hydrogen) atoms. The van der Waals surface area contributed by atoms with Gasteiger partial charge in [0, 0.05) is 15.0 Å². The molecule has 1 atom stereocenters. The van der Waals surface area contributed by atoms with Crippen molar-refractivity contribution in [2.24, 2.45) is 5.73 Å². The summed E-state index contributed by atoms with van der Waals surface area (Å²) in [6.07, 6.45) is -7.27. The lowest BCUT2D eigenvalue weighted by Crippen LogP contribution is -2.33. The molecule has 0 amide bonds. The van der Waals surface area contributed by atoms with Crippen LogP contribution in [0.2, 0.25) is 0 Å². The smallest absolute Gasteiger partial charge is 0.428 e. The van der Waals surface area contributed by atoms with Crippen molar-refractivity contribution in [1.82, 2.24) is 0 Å². The van der Waals surface area contributed by atoms with Crippen LogP contribution in [0.25, 0.3) is 0 Å². The van der Waals surface area contributed by atoms with Crippen molar-refractivity contribution in [3.8, 4) is 5.75 Å². The number of ether oxygens (including phenoxy) is 1. The molecular weight excluding hydrogens is 470 g/mol. The van der Waals surface area contributed by atoms with Gasteiger partial charge in [-0.2, -0.15) is 17.6 Å². The van der Waals surface area contributed by atoms with Crippen molar-refractivity contribution in [3.05, 3.63) is 62.5 Å². The molecule has 0 aromatic heterocycles. The molecule has 0 aliphatic heterocycles.